The van der Waals surface area contributed by atoms with Crippen LogP contribution in [0.2, 0.25) is 0 Å². The van der Waals surface area contributed by atoms with Crippen molar-refractivity contribution in [3.63, 3.8) is 0 Å². The van der Waals surface area contributed by atoms with Crippen LogP contribution in [0.3, 0.4) is 0 Å². The van der Waals surface area contributed by atoms with E-state index in [2.05, 4.69) is 10.0 Å². The van der Waals surface area contributed by atoms with E-state index in [-0.39, 0.29) is 6.04 Å². The Bertz CT molecular complexity index is 504. The Morgan fingerprint density at radius 1 is 1.22 bits per heavy atom. The third-order valence-electron chi connectivity index (χ3n) is 2.88. The van der Waals surface area contributed by atoms with Gasteiger partial charge in [-0.15, -0.1) is 0 Å². The number of hydrogen-bond acceptors (Lipinski definition) is 3. The number of benzene rings is 1. The van der Waals surface area contributed by atoms with Crippen molar-refractivity contribution in [2.45, 2.75) is 38.5 Å². The van der Waals surface area contributed by atoms with Crippen LogP contribution in [0.15, 0.2) is 24.3 Å². The number of rotatable bonds is 4. The maximum absolute atomic E-state index is 12.0. The predicted molar refractivity (Wildman–Crippen MR) is 76.2 cm³/mol. The van der Waals surface area contributed by atoms with E-state index in [1.807, 2.05) is 32.2 Å². The highest BCUT2D eigenvalue weighted by Crippen LogP contribution is 2.22. The molecule has 0 aliphatic carbocycles. The Morgan fingerprint density at radius 3 is 2.33 bits per heavy atom. The lowest BCUT2D eigenvalue weighted by Crippen LogP contribution is -2.33. The fourth-order valence-electron chi connectivity index (χ4n) is 1.35. The summed E-state index contributed by atoms with van der Waals surface area (Å²) in [6, 6.07) is 7.61. The largest absolute Gasteiger partial charge is 0.313 e. The summed E-state index contributed by atoms with van der Waals surface area (Å²) in [7, 11) is -1.50. The van der Waals surface area contributed by atoms with Gasteiger partial charge < -0.3 is 5.32 Å². The van der Waals surface area contributed by atoms with Gasteiger partial charge in [0.05, 0.1) is 4.75 Å². The van der Waals surface area contributed by atoms with Crippen molar-refractivity contribution in [2.75, 3.05) is 11.8 Å². The van der Waals surface area contributed by atoms with Gasteiger partial charge in [-0.1, -0.05) is 12.1 Å². The molecular weight excluding hydrogens is 248 g/mol. The Balaban J connectivity index is 3.00. The van der Waals surface area contributed by atoms with Crippen LogP contribution in [0.4, 0.5) is 5.69 Å². The molecule has 102 valence electrons. The molecule has 0 bridgehead atoms. The van der Waals surface area contributed by atoms with Crippen LogP contribution in [0.25, 0.3) is 0 Å². The van der Waals surface area contributed by atoms with Gasteiger partial charge in [-0.2, -0.15) is 0 Å². The molecule has 0 saturated carbocycles. The molecule has 1 aromatic rings. The SMILES string of the molecule is CNC(C)c1cccc(NS(=O)(=O)C(C)(C)C)c1. The van der Waals surface area contributed by atoms with Crippen LogP contribution >= 0.6 is 0 Å². The maximum Gasteiger partial charge on any atom is 0.237 e. The van der Waals surface area contributed by atoms with E-state index in [0.717, 1.165) is 5.56 Å². The second-order valence-electron chi connectivity index (χ2n) is 5.35. The topological polar surface area (TPSA) is 58.2 Å². The van der Waals surface area contributed by atoms with Crippen LogP contribution in [0, 0.1) is 0 Å². The van der Waals surface area contributed by atoms with Gasteiger partial charge in [-0.25, -0.2) is 8.42 Å². The first-order valence-electron chi connectivity index (χ1n) is 5.97. The minimum atomic E-state index is -3.37. The third-order valence-corrected chi connectivity index (χ3v) is 4.99. The highest BCUT2D eigenvalue weighted by atomic mass is 32.2. The molecule has 1 unspecified atom stereocenters. The molecule has 0 spiro atoms. The van der Waals surface area contributed by atoms with E-state index >= 15 is 0 Å². The minimum Gasteiger partial charge on any atom is -0.313 e. The molecule has 0 amide bonds. The van der Waals surface area contributed by atoms with Gasteiger partial charge in [0.25, 0.3) is 0 Å². The Kier molecular flexibility index (Phi) is 4.40. The monoisotopic (exact) mass is 270 g/mol. The van der Waals surface area contributed by atoms with Gasteiger partial charge in [0.15, 0.2) is 0 Å². The predicted octanol–water partition coefficient (Wildman–Crippen LogP) is 2.51. The van der Waals surface area contributed by atoms with Crippen molar-refractivity contribution in [3.8, 4) is 0 Å². The molecule has 1 atom stereocenters. The van der Waals surface area contributed by atoms with Gasteiger partial charge >= 0.3 is 0 Å². The first-order valence-corrected chi connectivity index (χ1v) is 7.45. The van der Waals surface area contributed by atoms with E-state index in [9.17, 15) is 8.42 Å². The van der Waals surface area contributed by atoms with Gasteiger partial charge in [-0.3, -0.25) is 4.72 Å². The van der Waals surface area contributed by atoms with Crippen molar-refractivity contribution in [1.82, 2.24) is 5.32 Å². The zero-order valence-corrected chi connectivity index (χ0v) is 12.4. The number of hydrogen-bond donors (Lipinski definition) is 2. The van der Waals surface area contributed by atoms with Crippen molar-refractivity contribution in [3.05, 3.63) is 29.8 Å². The first kappa shape index (κ1) is 15.0. The summed E-state index contributed by atoms with van der Waals surface area (Å²) in [6.07, 6.45) is 0. The molecule has 0 radical (unpaired) electrons. The summed E-state index contributed by atoms with van der Waals surface area (Å²) >= 11 is 0. The van der Waals surface area contributed by atoms with Crippen molar-refractivity contribution < 1.29 is 8.42 Å². The molecule has 0 aliphatic heterocycles. The van der Waals surface area contributed by atoms with Crippen LogP contribution in [-0.4, -0.2) is 20.2 Å². The second-order valence-corrected chi connectivity index (χ2v) is 7.79. The molecule has 0 aliphatic rings. The lowest BCUT2D eigenvalue weighted by Gasteiger charge is -2.21. The molecule has 0 fully saturated rings. The molecule has 1 rings (SSSR count). The molecule has 2 N–H and O–H groups in total. The van der Waals surface area contributed by atoms with Gasteiger partial charge in [0.1, 0.15) is 0 Å². The summed E-state index contributed by atoms with van der Waals surface area (Å²) in [5.41, 5.74) is 1.65. The molecule has 1 aromatic carbocycles. The quantitative estimate of drug-likeness (QED) is 0.884. The smallest absolute Gasteiger partial charge is 0.237 e. The van der Waals surface area contributed by atoms with E-state index in [1.165, 1.54) is 0 Å². The first-order chi connectivity index (χ1) is 8.17. The second kappa shape index (κ2) is 5.28. The summed E-state index contributed by atoms with van der Waals surface area (Å²) < 4.78 is 25.9. The van der Waals surface area contributed by atoms with Gasteiger partial charge in [0, 0.05) is 11.7 Å². The normalized spacial score (nSPS) is 14.3. The van der Waals surface area contributed by atoms with E-state index in [1.54, 1.807) is 26.8 Å². The average molecular weight is 270 g/mol. The van der Waals surface area contributed by atoms with E-state index < -0.39 is 14.8 Å². The van der Waals surface area contributed by atoms with Crippen molar-refractivity contribution >= 4 is 15.7 Å². The lowest BCUT2D eigenvalue weighted by atomic mass is 10.1. The number of nitrogens with one attached hydrogen (secondary N) is 2. The van der Waals surface area contributed by atoms with Crippen LogP contribution < -0.4 is 10.0 Å². The van der Waals surface area contributed by atoms with Crippen LogP contribution in [0.1, 0.15) is 39.3 Å². The van der Waals surface area contributed by atoms with Crippen molar-refractivity contribution in [2.24, 2.45) is 0 Å². The summed E-state index contributed by atoms with van der Waals surface area (Å²) in [5, 5.41) is 3.12. The standard InChI is InChI=1S/C13H22N2O2S/c1-10(14-5)11-7-6-8-12(9-11)15-18(16,17)13(2,3)4/h6-10,14-15H,1-5H3. The highest BCUT2D eigenvalue weighted by Gasteiger charge is 2.28. The molecule has 18 heavy (non-hydrogen) atoms. The van der Waals surface area contributed by atoms with Crippen molar-refractivity contribution in [1.29, 1.82) is 0 Å². The Hall–Kier alpha value is -1.07. The fraction of sp³-hybridized carbons (Fsp3) is 0.538. The number of sulfonamides is 1. The van der Waals surface area contributed by atoms with Crippen LogP contribution in [0.5, 0.6) is 0 Å². The van der Waals surface area contributed by atoms with Gasteiger partial charge in [-0.05, 0) is 52.4 Å². The van der Waals surface area contributed by atoms with Crippen LogP contribution in [-0.2, 0) is 10.0 Å². The highest BCUT2D eigenvalue weighted by molar-refractivity contribution is 7.94. The zero-order chi connectivity index (χ0) is 14.0. The Morgan fingerprint density at radius 2 is 1.83 bits per heavy atom. The average Bonchev–Trinajstić information content (AvgIpc) is 2.26. The molecular formula is C13H22N2O2S. The summed E-state index contributed by atoms with van der Waals surface area (Å²) in [4.78, 5) is 0. The maximum atomic E-state index is 12.0. The van der Waals surface area contributed by atoms with Gasteiger partial charge in [0.2, 0.25) is 10.0 Å². The fourth-order valence-corrected chi connectivity index (χ4v) is 2.09. The Labute approximate surface area is 110 Å². The molecule has 0 saturated heterocycles. The third kappa shape index (κ3) is 3.46. The molecule has 0 heterocycles. The zero-order valence-electron chi connectivity index (χ0n) is 11.6. The number of anilines is 1. The van der Waals surface area contributed by atoms with E-state index in [0.29, 0.717) is 5.69 Å². The molecule has 5 heteroatoms. The molecule has 0 aromatic heterocycles. The van der Waals surface area contributed by atoms with E-state index in [4.69, 9.17) is 0 Å². The summed E-state index contributed by atoms with van der Waals surface area (Å²) in [5.74, 6) is 0. The lowest BCUT2D eigenvalue weighted by molar-refractivity contribution is 0.566. The summed E-state index contributed by atoms with van der Waals surface area (Å²) in [6.45, 7) is 7.05. The minimum absolute atomic E-state index is 0.184. The molecule has 4 nitrogen and oxygen atoms in total.